The summed E-state index contributed by atoms with van der Waals surface area (Å²) >= 11 is 1.23. The Kier molecular flexibility index (Phi) is 4.62. The van der Waals surface area contributed by atoms with Crippen molar-refractivity contribution in [3.63, 3.8) is 0 Å². The van der Waals surface area contributed by atoms with Gasteiger partial charge < -0.3 is 10.6 Å². The van der Waals surface area contributed by atoms with E-state index in [1.54, 1.807) is 6.07 Å². The highest BCUT2D eigenvalue weighted by atomic mass is 32.1. The van der Waals surface area contributed by atoms with E-state index in [-0.39, 0.29) is 17.3 Å². The van der Waals surface area contributed by atoms with Crippen LogP contribution in [0.1, 0.15) is 25.6 Å². The van der Waals surface area contributed by atoms with Crippen molar-refractivity contribution in [1.29, 1.82) is 0 Å². The summed E-state index contributed by atoms with van der Waals surface area (Å²) in [5.74, 6) is -0.937. The van der Waals surface area contributed by atoms with Gasteiger partial charge in [-0.1, -0.05) is 18.2 Å². The number of thiophene rings is 1. The first-order valence-electron chi connectivity index (χ1n) is 8.42. The minimum absolute atomic E-state index is 0.184. The van der Waals surface area contributed by atoms with Gasteiger partial charge >= 0.3 is 0 Å². The summed E-state index contributed by atoms with van der Waals surface area (Å²) < 4.78 is 13.3. The van der Waals surface area contributed by atoms with Crippen LogP contribution in [0.4, 0.5) is 15.9 Å². The van der Waals surface area contributed by atoms with Crippen molar-refractivity contribution in [2.24, 2.45) is 0 Å². The number of aromatic amines is 1. The van der Waals surface area contributed by atoms with Crippen LogP contribution in [-0.4, -0.2) is 22.0 Å². The summed E-state index contributed by atoms with van der Waals surface area (Å²) in [6.07, 6.45) is 0. The summed E-state index contributed by atoms with van der Waals surface area (Å²) in [4.78, 5) is 26.0. The van der Waals surface area contributed by atoms with Gasteiger partial charge in [0.1, 0.15) is 10.6 Å². The Morgan fingerprint density at radius 2 is 1.86 bits per heavy atom. The molecule has 140 valence electrons. The maximum atomic E-state index is 13.3. The van der Waals surface area contributed by atoms with Crippen molar-refractivity contribution in [3.8, 4) is 0 Å². The number of aromatic nitrogens is 2. The van der Waals surface area contributed by atoms with Crippen LogP contribution in [0.2, 0.25) is 0 Å². The number of nitrogens with zero attached hydrogens (tertiary/aromatic N) is 1. The summed E-state index contributed by atoms with van der Waals surface area (Å²) in [6, 6.07) is 14.6. The van der Waals surface area contributed by atoms with Crippen LogP contribution in [0.3, 0.4) is 0 Å². The predicted molar refractivity (Wildman–Crippen MR) is 107 cm³/mol. The molecule has 0 fully saturated rings. The molecule has 0 aliphatic heterocycles. The standard InChI is InChI=1S/C20H15FN4O2S/c1-11-4-2-7-14(8-11)22-19(27)16-10-15-17(24-25-20(15)28-16)23-18(26)12-5-3-6-13(21)9-12/h2-10H,1H3,(H,22,27)(H2,23,24,25,26). The van der Waals surface area contributed by atoms with Crippen molar-refractivity contribution in [3.05, 3.63) is 76.4 Å². The molecule has 6 nitrogen and oxygen atoms in total. The summed E-state index contributed by atoms with van der Waals surface area (Å²) in [5, 5.41) is 13.0. The molecule has 3 N–H and O–H groups in total. The number of hydrogen-bond acceptors (Lipinski definition) is 4. The van der Waals surface area contributed by atoms with Crippen LogP contribution in [0, 0.1) is 12.7 Å². The largest absolute Gasteiger partial charge is 0.321 e. The van der Waals surface area contributed by atoms with Crippen LogP contribution in [-0.2, 0) is 0 Å². The molecule has 4 rings (SSSR count). The Morgan fingerprint density at radius 1 is 1.04 bits per heavy atom. The number of H-pyrrole nitrogens is 1. The first-order chi connectivity index (χ1) is 13.5. The van der Waals surface area contributed by atoms with Gasteiger partial charge in [0.05, 0.1) is 10.3 Å². The van der Waals surface area contributed by atoms with Gasteiger partial charge in [0.2, 0.25) is 0 Å². The number of aryl methyl sites for hydroxylation is 1. The van der Waals surface area contributed by atoms with Crippen molar-refractivity contribution < 1.29 is 14.0 Å². The maximum absolute atomic E-state index is 13.3. The summed E-state index contributed by atoms with van der Waals surface area (Å²) in [5.41, 5.74) is 1.94. The molecule has 4 aromatic rings. The Bertz CT molecular complexity index is 1200. The number of nitrogens with one attached hydrogen (secondary N) is 3. The van der Waals surface area contributed by atoms with Gasteiger partial charge in [-0.25, -0.2) is 4.39 Å². The topological polar surface area (TPSA) is 86.9 Å². The van der Waals surface area contributed by atoms with Gasteiger partial charge in [-0.3, -0.25) is 14.7 Å². The Hall–Kier alpha value is -3.52. The Balaban J connectivity index is 1.55. The highest BCUT2D eigenvalue weighted by Crippen LogP contribution is 2.30. The lowest BCUT2D eigenvalue weighted by atomic mass is 10.2. The second-order valence-electron chi connectivity index (χ2n) is 6.21. The van der Waals surface area contributed by atoms with Gasteiger partial charge in [0.25, 0.3) is 11.8 Å². The van der Waals surface area contributed by atoms with Crippen LogP contribution in [0.15, 0.2) is 54.6 Å². The first kappa shape index (κ1) is 17.9. The van der Waals surface area contributed by atoms with Gasteiger partial charge in [0.15, 0.2) is 5.82 Å². The van der Waals surface area contributed by atoms with Crippen molar-refractivity contribution >= 4 is 44.9 Å². The third kappa shape index (κ3) is 3.63. The van der Waals surface area contributed by atoms with Crippen molar-refractivity contribution in [2.45, 2.75) is 6.92 Å². The van der Waals surface area contributed by atoms with Crippen LogP contribution in [0.25, 0.3) is 10.2 Å². The minimum atomic E-state index is -0.495. The van der Waals surface area contributed by atoms with Crippen molar-refractivity contribution in [2.75, 3.05) is 10.6 Å². The fourth-order valence-corrected chi connectivity index (χ4v) is 3.65. The minimum Gasteiger partial charge on any atom is -0.321 e. The molecule has 0 atom stereocenters. The number of benzene rings is 2. The van der Waals surface area contributed by atoms with E-state index in [9.17, 15) is 14.0 Å². The van der Waals surface area contributed by atoms with E-state index in [4.69, 9.17) is 0 Å². The number of fused-ring (bicyclic) bond motifs is 1. The zero-order valence-corrected chi connectivity index (χ0v) is 15.6. The van der Waals surface area contributed by atoms with E-state index in [1.807, 2.05) is 31.2 Å². The third-order valence-corrected chi connectivity index (χ3v) is 5.11. The lowest BCUT2D eigenvalue weighted by Crippen LogP contribution is -2.12. The van der Waals surface area contributed by atoms with Crippen LogP contribution < -0.4 is 10.6 Å². The molecule has 0 aliphatic carbocycles. The first-order valence-corrected chi connectivity index (χ1v) is 9.24. The van der Waals surface area contributed by atoms with E-state index in [1.165, 1.54) is 29.5 Å². The number of halogens is 1. The molecule has 0 saturated heterocycles. The number of anilines is 2. The fraction of sp³-hybridized carbons (Fsp3) is 0.0500. The van der Waals surface area contributed by atoms with Gasteiger partial charge in [-0.2, -0.15) is 5.10 Å². The van der Waals surface area contributed by atoms with E-state index in [2.05, 4.69) is 20.8 Å². The highest BCUT2D eigenvalue weighted by Gasteiger charge is 2.17. The molecule has 2 heterocycles. The zero-order chi connectivity index (χ0) is 19.7. The number of carbonyl (C=O) groups excluding carboxylic acids is 2. The number of amides is 2. The molecule has 0 bridgehead atoms. The SMILES string of the molecule is Cc1cccc(NC(=O)c2cc3c(NC(=O)c4cccc(F)c4)n[nH]c3s2)c1. The third-order valence-electron chi connectivity index (χ3n) is 4.07. The highest BCUT2D eigenvalue weighted by molar-refractivity contribution is 7.20. The van der Waals surface area contributed by atoms with Gasteiger partial charge in [-0.05, 0) is 48.9 Å². The monoisotopic (exact) mass is 394 g/mol. The van der Waals surface area contributed by atoms with E-state index in [0.717, 1.165) is 11.6 Å². The quantitative estimate of drug-likeness (QED) is 0.474. The van der Waals surface area contributed by atoms with E-state index in [0.29, 0.717) is 20.8 Å². The predicted octanol–water partition coefficient (Wildman–Crippen LogP) is 4.58. The maximum Gasteiger partial charge on any atom is 0.265 e. The number of carbonyl (C=O) groups is 2. The lowest BCUT2D eigenvalue weighted by molar-refractivity contribution is 0.102. The smallest absolute Gasteiger partial charge is 0.265 e. The molecule has 2 aromatic carbocycles. The normalized spacial score (nSPS) is 10.8. The van der Waals surface area contributed by atoms with Crippen molar-refractivity contribution in [1.82, 2.24) is 10.2 Å². The van der Waals surface area contributed by atoms with Crippen LogP contribution >= 0.6 is 11.3 Å². The molecule has 8 heteroatoms. The summed E-state index contributed by atoms with van der Waals surface area (Å²) in [6.45, 7) is 1.95. The molecular weight excluding hydrogens is 379 g/mol. The molecular formula is C20H15FN4O2S. The molecule has 0 aliphatic rings. The number of hydrogen-bond donors (Lipinski definition) is 3. The number of rotatable bonds is 4. The van der Waals surface area contributed by atoms with Crippen LogP contribution in [0.5, 0.6) is 0 Å². The molecule has 0 saturated carbocycles. The molecule has 0 unspecified atom stereocenters. The zero-order valence-electron chi connectivity index (χ0n) is 14.7. The Labute approximate surface area is 163 Å². The average molecular weight is 394 g/mol. The average Bonchev–Trinajstić information content (AvgIpc) is 3.24. The fourth-order valence-electron chi connectivity index (χ4n) is 2.75. The molecule has 2 amide bonds. The molecule has 28 heavy (non-hydrogen) atoms. The Morgan fingerprint density at radius 3 is 2.64 bits per heavy atom. The van der Waals surface area contributed by atoms with Gasteiger partial charge in [-0.15, -0.1) is 11.3 Å². The molecule has 0 radical (unpaired) electrons. The molecule has 2 aromatic heterocycles. The second-order valence-corrected chi connectivity index (χ2v) is 7.27. The van der Waals surface area contributed by atoms with E-state index >= 15 is 0 Å². The van der Waals surface area contributed by atoms with E-state index < -0.39 is 11.7 Å². The molecule has 0 spiro atoms. The second kappa shape index (κ2) is 7.24. The summed E-state index contributed by atoms with van der Waals surface area (Å²) in [7, 11) is 0. The lowest BCUT2D eigenvalue weighted by Gasteiger charge is -2.04. The van der Waals surface area contributed by atoms with Gasteiger partial charge in [0, 0.05) is 11.3 Å².